The Morgan fingerprint density at radius 2 is 2.07 bits per heavy atom. The van der Waals surface area contributed by atoms with Gasteiger partial charge in [-0.05, 0) is 43.9 Å². The summed E-state index contributed by atoms with van der Waals surface area (Å²) in [6, 6.07) is 7.75. The van der Waals surface area contributed by atoms with E-state index in [1.54, 1.807) is 12.1 Å². The van der Waals surface area contributed by atoms with Crippen LogP contribution in [0.15, 0.2) is 24.3 Å². The maximum absolute atomic E-state index is 13.6. The molecule has 1 aromatic carbocycles. The second-order valence-electron chi connectivity index (χ2n) is 4.37. The minimum Gasteiger partial charge on any atom is -0.317 e. The lowest BCUT2D eigenvalue weighted by Crippen LogP contribution is -2.30. The van der Waals surface area contributed by atoms with Crippen molar-refractivity contribution < 1.29 is 4.39 Å². The van der Waals surface area contributed by atoms with E-state index in [-0.39, 0.29) is 5.82 Å². The molecular weight excluding hydrogens is 189 g/mol. The molecule has 0 aliphatic heterocycles. The van der Waals surface area contributed by atoms with Gasteiger partial charge < -0.3 is 5.32 Å². The van der Waals surface area contributed by atoms with Crippen molar-refractivity contribution in [3.8, 4) is 0 Å². The van der Waals surface area contributed by atoms with Gasteiger partial charge in [0, 0.05) is 6.04 Å². The van der Waals surface area contributed by atoms with Crippen LogP contribution in [0, 0.1) is 5.82 Å². The third-order valence-electron chi connectivity index (χ3n) is 3.43. The van der Waals surface area contributed by atoms with Crippen molar-refractivity contribution >= 4 is 0 Å². The zero-order chi connectivity index (χ0) is 10.7. The molecule has 2 heteroatoms. The highest BCUT2D eigenvalue weighted by molar-refractivity contribution is 5.22. The van der Waals surface area contributed by atoms with E-state index >= 15 is 0 Å². The quantitative estimate of drug-likeness (QED) is 0.786. The van der Waals surface area contributed by atoms with Gasteiger partial charge in [0.1, 0.15) is 5.82 Å². The van der Waals surface area contributed by atoms with E-state index in [0.717, 1.165) is 18.4 Å². The molecule has 1 aromatic rings. The molecule has 1 aliphatic rings. The SMILES string of the molecule is CNC1CCCC(c2ccccc2F)C1. The lowest BCUT2D eigenvalue weighted by Gasteiger charge is -2.29. The van der Waals surface area contributed by atoms with E-state index in [9.17, 15) is 4.39 Å². The van der Waals surface area contributed by atoms with Crippen molar-refractivity contribution in [1.82, 2.24) is 5.32 Å². The van der Waals surface area contributed by atoms with Gasteiger partial charge >= 0.3 is 0 Å². The molecule has 15 heavy (non-hydrogen) atoms. The van der Waals surface area contributed by atoms with Crippen LogP contribution in [0.2, 0.25) is 0 Å². The first-order valence-electron chi connectivity index (χ1n) is 5.73. The van der Waals surface area contributed by atoms with Crippen molar-refractivity contribution in [2.45, 2.75) is 37.6 Å². The molecular formula is C13H18FN. The molecule has 1 nitrogen and oxygen atoms in total. The van der Waals surface area contributed by atoms with Crippen molar-refractivity contribution in [3.05, 3.63) is 35.6 Å². The Morgan fingerprint density at radius 3 is 2.80 bits per heavy atom. The lowest BCUT2D eigenvalue weighted by atomic mass is 9.81. The Morgan fingerprint density at radius 1 is 1.27 bits per heavy atom. The molecule has 1 saturated carbocycles. The average Bonchev–Trinajstić information content (AvgIpc) is 2.30. The molecule has 2 rings (SSSR count). The van der Waals surface area contributed by atoms with Crippen LogP contribution < -0.4 is 5.32 Å². The third kappa shape index (κ3) is 2.37. The fourth-order valence-corrected chi connectivity index (χ4v) is 2.54. The number of halogens is 1. The van der Waals surface area contributed by atoms with Gasteiger partial charge in [0.05, 0.1) is 0 Å². The summed E-state index contributed by atoms with van der Waals surface area (Å²) in [6.07, 6.45) is 4.61. The van der Waals surface area contributed by atoms with Gasteiger partial charge in [0.25, 0.3) is 0 Å². The van der Waals surface area contributed by atoms with Crippen molar-refractivity contribution in [2.24, 2.45) is 0 Å². The standard InChI is InChI=1S/C13H18FN/c1-15-11-6-4-5-10(9-11)12-7-2-3-8-13(12)14/h2-3,7-8,10-11,15H,4-6,9H2,1H3. The topological polar surface area (TPSA) is 12.0 Å². The van der Waals surface area contributed by atoms with Gasteiger partial charge in [0.2, 0.25) is 0 Å². The summed E-state index contributed by atoms with van der Waals surface area (Å²) in [4.78, 5) is 0. The van der Waals surface area contributed by atoms with Crippen LogP contribution in [-0.2, 0) is 0 Å². The second kappa shape index (κ2) is 4.75. The smallest absolute Gasteiger partial charge is 0.126 e. The number of rotatable bonds is 2. The van der Waals surface area contributed by atoms with E-state index in [2.05, 4.69) is 5.32 Å². The molecule has 1 aliphatic carbocycles. The summed E-state index contributed by atoms with van der Waals surface area (Å²) in [7, 11) is 1.99. The molecule has 1 fully saturated rings. The molecule has 2 atom stereocenters. The normalized spacial score (nSPS) is 26.5. The Kier molecular flexibility index (Phi) is 3.37. The molecule has 0 amide bonds. The highest BCUT2D eigenvalue weighted by atomic mass is 19.1. The first-order chi connectivity index (χ1) is 7.31. The second-order valence-corrected chi connectivity index (χ2v) is 4.37. The van der Waals surface area contributed by atoms with Crippen molar-refractivity contribution in [2.75, 3.05) is 7.05 Å². The predicted octanol–water partition coefficient (Wildman–Crippen LogP) is 3.07. The molecule has 82 valence electrons. The Labute approximate surface area is 90.7 Å². The van der Waals surface area contributed by atoms with Crippen LogP contribution in [0.25, 0.3) is 0 Å². The van der Waals surface area contributed by atoms with Gasteiger partial charge in [-0.15, -0.1) is 0 Å². The van der Waals surface area contributed by atoms with Crippen LogP contribution in [0.5, 0.6) is 0 Å². The van der Waals surface area contributed by atoms with Gasteiger partial charge in [-0.2, -0.15) is 0 Å². The van der Waals surface area contributed by atoms with Crippen molar-refractivity contribution in [1.29, 1.82) is 0 Å². The first kappa shape index (κ1) is 10.6. The summed E-state index contributed by atoms with van der Waals surface area (Å²) in [5, 5.41) is 3.30. The Hall–Kier alpha value is -0.890. The number of hydrogen-bond donors (Lipinski definition) is 1. The van der Waals surface area contributed by atoms with Gasteiger partial charge in [-0.1, -0.05) is 24.6 Å². The monoisotopic (exact) mass is 207 g/mol. The predicted molar refractivity (Wildman–Crippen MR) is 60.5 cm³/mol. The number of hydrogen-bond acceptors (Lipinski definition) is 1. The zero-order valence-corrected chi connectivity index (χ0v) is 9.17. The molecule has 0 aromatic heterocycles. The Bertz CT molecular complexity index is 324. The molecule has 0 saturated heterocycles. The van der Waals surface area contributed by atoms with Crippen LogP contribution in [0.4, 0.5) is 4.39 Å². The van der Waals surface area contributed by atoms with E-state index in [1.165, 1.54) is 12.8 Å². The largest absolute Gasteiger partial charge is 0.317 e. The molecule has 0 bridgehead atoms. The Balaban J connectivity index is 2.13. The number of nitrogens with one attached hydrogen (secondary N) is 1. The number of benzene rings is 1. The van der Waals surface area contributed by atoms with Crippen LogP contribution in [0.3, 0.4) is 0 Å². The minimum absolute atomic E-state index is 0.0424. The van der Waals surface area contributed by atoms with E-state index in [1.807, 2.05) is 19.2 Å². The van der Waals surface area contributed by atoms with Gasteiger partial charge in [-0.25, -0.2) is 4.39 Å². The van der Waals surface area contributed by atoms with Gasteiger partial charge in [-0.3, -0.25) is 0 Å². The third-order valence-corrected chi connectivity index (χ3v) is 3.43. The fraction of sp³-hybridized carbons (Fsp3) is 0.538. The average molecular weight is 207 g/mol. The fourth-order valence-electron chi connectivity index (χ4n) is 2.54. The summed E-state index contributed by atoms with van der Waals surface area (Å²) in [6.45, 7) is 0. The molecule has 0 heterocycles. The maximum atomic E-state index is 13.6. The molecule has 0 radical (unpaired) electrons. The lowest BCUT2D eigenvalue weighted by molar-refractivity contribution is 0.349. The molecule has 1 N–H and O–H groups in total. The summed E-state index contributed by atoms with van der Waals surface area (Å²) < 4.78 is 13.6. The molecule has 2 unspecified atom stereocenters. The summed E-state index contributed by atoms with van der Waals surface area (Å²) in [5.41, 5.74) is 0.900. The minimum atomic E-state index is -0.0424. The van der Waals surface area contributed by atoms with Crippen LogP contribution in [0.1, 0.15) is 37.2 Å². The highest BCUT2D eigenvalue weighted by Crippen LogP contribution is 2.33. The highest BCUT2D eigenvalue weighted by Gasteiger charge is 2.23. The zero-order valence-electron chi connectivity index (χ0n) is 9.17. The van der Waals surface area contributed by atoms with Crippen LogP contribution in [-0.4, -0.2) is 13.1 Å². The summed E-state index contributed by atoms with van der Waals surface area (Å²) in [5.74, 6) is 0.358. The van der Waals surface area contributed by atoms with Crippen molar-refractivity contribution in [3.63, 3.8) is 0 Å². The van der Waals surface area contributed by atoms with E-state index in [4.69, 9.17) is 0 Å². The molecule has 0 spiro atoms. The first-order valence-corrected chi connectivity index (χ1v) is 5.73. The maximum Gasteiger partial charge on any atom is 0.126 e. The van der Waals surface area contributed by atoms with Gasteiger partial charge in [0.15, 0.2) is 0 Å². The van der Waals surface area contributed by atoms with Crippen LogP contribution >= 0.6 is 0 Å². The van der Waals surface area contributed by atoms with E-state index in [0.29, 0.717) is 12.0 Å². The summed E-state index contributed by atoms with van der Waals surface area (Å²) >= 11 is 0. The van der Waals surface area contributed by atoms with E-state index < -0.39 is 0 Å².